The number of carboxylic acids is 1. The fourth-order valence-corrected chi connectivity index (χ4v) is 1.68. The van der Waals surface area contributed by atoms with Crippen LogP contribution in [-0.2, 0) is 19.1 Å². The third-order valence-corrected chi connectivity index (χ3v) is 2.51. The number of esters is 1. The monoisotopic (exact) mass is 259 g/mol. The van der Waals surface area contributed by atoms with Gasteiger partial charge < -0.3 is 14.7 Å². The fraction of sp³-hybridized carbons (Fsp3) is 0.750. The van der Waals surface area contributed by atoms with Gasteiger partial charge in [0.25, 0.3) is 0 Å². The summed E-state index contributed by atoms with van der Waals surface area (Å²) in [6, 6.07) is -0.373. The average molecular weight is 259 g/mol. The average Bonchev–Trinajstić information content (AvgIpc) is 2.26. The second-order valence-corrected chi connectivity index (χ2v) is 3.93. The molecule has 0 heterocycles. The van der Waals surface area contributed by atoms with Gasteiger partial charge in [-0.3, -0.25) is 14.4 Å². The minimum atomic E-state index is -0.945. The maximum Gasteiger partial charge on any atom is 0.306 e. The minimum absolute atomic E-state index is 0.0307. The van der Waals surface area contributed by atoms with Crippen molar-refractivity contribution in [3.05, 3.63) is 0 Å². The Morgan fingerprint density at radius 1 is 1.22 bits per heavy atom. The Kier molecular flexibility index (Phi) is 7.74. The van der Waals surface area contributed by atoms with Crippen LogP contribution in [0.4, 0.5) is 0 Å². The number of rotatable bonds is 8. The Labute approximate surface area is 107 Å². The molecule has 0 saturated heterocycles. The molecule has 1 unspecified atom stereocenters. The van der Waals surface area contributed by atoms with E-state index in [4.69, 9.17) is 9.84 Å². The van der Waals surface area contributed by atoms with Crippen molar-refractivity contribution in [2.75, 3.05) is 13.2 Å². The van der Waals surface area contributed by atoms with Gasteiger partial charge in [-0.15, -0.1) is 0 Å². The molecule has 0 saturated carbocycles. The van der Waals surface area contributed by atoms with Crippen molar-refractivity contribution in [2.24, 2.45) is 0 Å². The zero-order valence-electron chi connectivity index (χ0n) is 11.1. The number of aliphatic carboxylic acids is 1. The van der Waals surface area contributed by atoms with E-state index in [0.717, 1.165) is 0 Å². The third-order valence-electron chi connectivity index (χ3n) is 2.51. The van der Waals surface area contributed by atoms with Crippen molar-refractivity contribution in [2.45, 2.75) is 46.1 Å². The van der Waals surface area contributed by atoms with Crippen LogP contribution in [0.5, 0.6) is 0 Å². The van der Waals surface area contributed by atoms with Gasteiger partial charge in [0.05, 0.1) is 19.4 Å². The number of hydrogen-bond donors (Lipinski definition) is 1. The first-order valence-corrected chi connectivity index (χ1v) is 6.09. The van der Waals surface area contributed by atoms with Crippen LogP contribution in [0.1, 0.15) is 40.0 Å². The molecular formula is C12H21NO5. The molecule has 0 bridgehead atoms. The second kappa shape index (κ2) is 8.49. The molecule has 1 amide bonds. The number of carboxylic acid groups (broad SMARTS) is 1. The van der Waals surface area contributed by atoms with Gasteiger partial charge in [-0.1, -0.05) is 0 Å². The lowest BCUT2D eigenvalue weighted by molar-refractivity contribution is -0.147. The Balaban J connectivity index is 4.26. The van der Waals surface area contributed by atoms with Crippen LogP contribution >= 0.6 is 0 Å². The lowest BCUT2D eigenvalue weighted by Crippen LogP contribution is -2.39. The number of carbonyl (C=O) groups is 3. The predicted molar refractivity (Wildman–Crippen MR) is 65.0 cm³/mol. The minimum Gasteiger partial charge on any atom is -0.481 e. The van der Waals surface area contributed by atoms with Gasteiger partial charge in [0.2, 0.25) is 5.91 Å². The van der Waals surface area contributed by atoms with E-state index >= 15 is 0 Å². The largest absolute Gasteiger partial charge is 0.481 e. The van der Waals surface area contributed by atoms with Crippen LogP contribution in [0.15, 0.2) is 0 Å². The molecule has 0 aliphatic heterocycles. The Morgan fingerprint density at radius 2 is 1.83 bits per heavy atom. The van der Waals surface area contributed by atoms with Crippen molar-refractivity contribution in [1.29, 1.82) is 0 Å². The summed E-state index contributed by atoms with van der Waals surface area (Å²) in [7, 11) is 0. The molecule has 0 aromatic heterocycles. The maximum absolute atomic E-state index is 11.8. The maximum atomic E-state index is 11.8. The number of carbonyl (C=O) groups excluding carboxylic acids is 2. The molecule has 0 spiro atoms. The third kappa shape index (κ3) is 6.22. The SMILES string of the molecule is CCOC(=O)CCC(=O)N(CC)C(C)CC(=O)O. The molecule has 0 aromatic carbocycles. The first-order valence-electron chi connectivity index (χ1n) is 6.09. The van der Waals surface area contributed by atoms with Gasteiger partial charge in [-0.2, -0.15) is 0 Å². The quantitative estimate of drug-likeness (QED) is 0.658. The lowest BCUT2D eigenvalue weighted by atomic mass is 10.1. The van der Waals surface area contributed by atoms with Crippen LogP contribution in [0.25, 0.3) is 0 Å². The van der Waals surface area contributed by atoms with Gasteiger partial charge >= 0.3 is 11.9 Å². The van der Waals surface area contributed by atoms with Crippen molar-refractivity contribution in [3.63, 3.8) is 0 Å². The molecule has 0 aliphatic carbocycles. The van der Waals surface area contributed by atoms with Crippen LogP contribution < -0.4 is 0 Å². The highest BCUT2D eigenvalue weighted by Crippen LogP contribution is 2.08. The summed E-state index contributed by atoms with van der Waals surface area (Å²) in [6.07, 6.45) is -0.0153. The molecule has 0 fully saturated rings. The van der Waals surface area contributed by atoms with Crippen LogP contribution in [-0.4, -0.2) is 47.0 Å². The number of ether oxygens (including phenoxy) is 1. The van der Waals surface area contributed by atoms with E-state index in [0.29, 0.717) is 13.2 Å². The van der Waals surface area contributed by atoms with Crippen LogP contribution in [0.3, 0.4) is 0 Å². The summed E-state index contributed by atoms with van der Waals surface area (Å²) in [5.74, 6) is -1.58. The Bertz CT molecular complexity index is 303. The topological polar surface area (TPSA) is 83.9 Å². The molecule has 1 atom stereocenters. The summed E-state index contributed by atoms with van der Waals surface area (Å²) in [5, 5.41) is 8.69. The molecule has 6 heteroatoms. The summed E-state index contributed by atoms with van der Waals surface area (Å²) in [4.78, 5) is 35.0. The molecule has 104 valence electrons. The number of nitrogens with zero attached hydrogens (tertiary/aromatic N) is 1. The van der Waals surface area contributed by atoms with E-state index in [1.54, 1.807) is 20.8 Å². The highest BCUT2D eigenvalue weighted by Gasteiger charge is 2.21. The predicted octanol–water partition coefficient (Wildman–Crippen LogP) is 1.04. The van der Waals surface area contributed by atoms with Gasteiger partial charge in [-0.25, -0.2) is 0 Å². The van der Waals surface area contributed by atoms with E-state index in [-0.39, 0.29) is 31.2 Å². The zero-order chi connectivity index (χ0) is 14.1. The van der Waals surface area contributed by atoms with Crippen molar-refractivity contribution in [3.8, 4) is 0 Å². The van der Waals surface area contributed by atoms with E-state index in [1.165, 1.54) is 4.90 Å². The van der Waals surface area contributed by atoms with Crippen LogP contribution in [0, 0.1) is 0 Å². The van der Waals surface area contributed by atoms with Crippen LogP contribution in [0.2, 0.25) is 0 Å². The van der Waals surface area contributed by atoms with Gasteiger partial charge in [0.1, 0.15) is 0 Å². The molecule has 18 heavy (non-hydrogen) atoms. The van der Waals surface area contributed by atoms with E-state index in [1.807, 2.05) is 0 Å². The second-order valence-electron chi connectivity index (χ2n) is 3.93. The molecule has 0 rings (SSSR count). The standard InChI is InChI=1S/C12H21NO5/c1-4-13(9(3)8-11(15)16)10(14)6-7-12(17)18-5-2/h9H,4-8H2,1-3H3,(H,15,16). The molecule has 0 aliphatic rings. The summed E-state index contributed by atoms with van der Waals surface area (Å²) >= 11 is 0. The van der Waals surface area contributed by atoms with Gasteiger partial charge in [0.15, 0.2) is 0 Å². The first-order chi connectivity index (χ1) is 8.42. The van der Waals surface area contributed by atoms with Gasteiger partial charge in [0, 0.05) is 19.0 Å². The molecular weight excluding hydrogens is 238 g/mol. The summed E-state index contributed by atoms with van der Waals surface area (Å²) < 4.78 is 4.73. The zero-order valence-corrected chi connectivity index (χ0v) is 11.1. The molecule has 6 nitrogen and oxygen atoms in total. The summed E-state index contributed by atoms with van der Waals surface area (Å²) in [6.45, 7) is 5.88. The van der Waals surface area contributed by atoms with Crippen molar-refractivity contribution < 1.29 is 24.2 Å². The van der Waals surface area contributed by atoms with Crippen molar-refractivity contribution in [1.82, 2.24) is 4.90 Å². The highest BCUT2D eigenvalue weighted by molar-refractivity contribution is 5.82. The van der Waals surface area contributed by atoms with E-state index in [9.17, 15) is 14.4 Å². The number of hydrogen-bond acceptors (Lipinski definition) is 4. The Hall–Kier alpha value is -1.59. The van der Waals surface area contributed by atoms with Gasteiger partial charge in [-0.05, 0) is 20.8 Å². The molecule has 0 aromatic rings. The lowest BCUT2D eigenvalue weighted by Gasteiger charge is -2.27. The molecule has 0 radical (unpaired) electrons. The smallest absolute Gasteiger partial charge is 0.306 e. The van der Waals surface area contributed by atoms with Crippen molar-refractivity contribution >= 4 is 17.8 Å². The van der Waals surface area contributed by atoms with E-state index < -0.39 is 11.9 Å². The summed E-state index contributed by atoms with van der Waals surface area (Å²) in [5.41, 5.74) is 0. The molecule has 1 N–H and O–H groups in total. The normalized spacial score (nSPS) is 11.7. The van der Waals surface area contributed by atoms with E-state index in [2.05, 4.69) is 0 Å². The fourth-order valence-electron chi connectivity index (χ4n) is 1.68. The Morgan fingerprint density at radius 3 is 2.28 bits per heavy atom. The first kappa shape index (κ1) is 16.4. The number of amides is 1. The highest BCUT2D eigenvalue weighted by atomic mass is 16.5.